The van der Waals surface area contributed by atoms with E-state index in [0.717, 1.165) is 54.7 Å². The number of hydrogen-bond acceptors (Lipinski definition) is 5. The molecular weight excluding hydrogens is 330 g/mol. The van der Waals surface area contributed by atoms with Crippen LogP contribution in [0.15, 0.2) is 28.8 Å². The van der Waals surface area contributed by atoms with Gasteiger partial charge < -0.3 is 19.0 Å². The number of carbonyl (C=O) groups is 1. The fourth-order valence-corrected chi connectivity index (χ4v) is 4.44. The summed E-state index contributed by atoms with van der Waals surface area (Å²) in [5.74, 6) is 2.75. The average molecular weight is 355 g/mol. The first kappa shape index (κ1) is 17.1. The molecule has 6 heteroatoms. The van der Waals surface area contributed by atoms with Crippen molar-refractivity contribution in [3.63, 3.8) is 0 Å². The first-order chi connectivity index (χ1) is 12.4. The number of carbonyl (C=O) groups excluding carboxylic acids is 1. The minimum absolute atomic E-state index is 0.0437. The Hall–Kier alpha value is -2.34. The fraction of sp³-hybridized carbons (Fsp3) is 0.500. The first-order valence-corrected chi connectivity index (χ1v) is 8.97. The molecule has 2 fully saturated rings. The Morgan fingerprint density at radius 2 is 2.08 bits per heavy atom. The van der Waals surface area contributed by atoms with Crippen LogP contribution >= 0.6 is 0 Å². The number of rotatable bonds is 3. The zero-order valence-corrected chi connectivity index (χ0v) is 15.8. The van der Waals surface area contributed by atoms with Crippen molar-refractivity contribution in [3.8, 4) is 5.75 Å². The third kappa shape index (κ3) is 2.69. The van der Waals surface area contributed by atoms with E-state index in [1.807, 2.05) is 36.9 Å². The summed E-state index contributed by atoms with van der Waals surface area (Å²) >= 11 is 0. The number of amides is 1. The molecule has 2 aromatic rings. The number of ether oxygens (including phenoxy) is 1. The molecule has 26 heavy (non-hydrogen) atoms. The number of aryl methyl sites for hydroxylation is 2. The van der Waals surface area contributed by atoms with Crippen molar-refractivity contribution in [2.75, 3.05) is 40.3 Å². The minimum Gasteiger partial charge on any atom is -0.497 e. The molecule has 0 radical (unpaired) electrons. The molecule has 2 aliphatic rings. The molecule has 2 aliphatic heterocycles. The molecule has 3 heterocycles. The van der Waals surface area contributed by atoms with Gasteiger partial charge in [-0.1, -0.05) is 0 Å². The van der Waals surface area contributed by atoms with Crippen molar-refractivity contribution in [2.24, 2.45) is 5.41 Å². The Kier molecular flexibility index (Phi) is 4.03. The summed E-state index contributed by atoms with van der Waals surface area (Å²) in [4.78, 5) is 21.7. The third-order valence-electron chi connectivity index (χ3n) is 5.72. The number of nitrogens with zero attached hydrogens (tertiary/aromatic N) is 3. The molecule has 0 bridgehead atoms. The molecule has 1 aromatic carbocycles. The van der Waals surface area contributed by atoms with Gasteiger partial charge in [0.2, 0.25) is 0 Å². The van der Waals surface area contributed by atoms with Crippen molar-refractivity contribution in [3.05, 3.63) is 47.2 Å². The summed E-state index contributed by atoms with van der Waals surface area (Å²) in [6.07, 6.45) is 1.78. The van der Waals surface area contributed by atoms with Crippen molar-refractivity contribution >= 4 is 5.91 Å². The molecule has 4 rings (SSSR count). The summed E-state index contributed by atoms with van der Waals surface area (Å²) in [5.41, 5.74) is 1.73. The lowest BCUT2D eigenvalue weighted by Gasteiger charge is -2.50. The van der Waals surface area contributed by atoms with Crippen molar-refractivity contribution in [1.82, 2.24) is 14.8 Å². The molecule has 1 aromatic heterocycles. The highest BCUT2D eigenvalue weighted by molar-refractivity contribution is 5.96. The van der Waals surface area contributed by atoms with E-state index in [1.54, 1.807) is 13.3 Å². The van der Waals surface area contributed by atoms with Crippen LogP contribution in [0.4, 0.5) is 0 Å². The first-order valence-electron chi connectivity index (χ1n) is 8.97. The number of methoxy groups -OCH3 is 1. The van der Waals surface area contributed by atoms with Crippen LogP contribution in [-0.2, 0) is 0 Å². The number of hydrogen-bond donors (Lipinski definition) is 0. The van der Waals surface area contributed by atoms with Gasteiger partial charge in [0, 0.05) is 37.2 Å². The van der Waals surface area contributed by atoms with Gasteiger partial charge in [0.05, 0.1) is 19.2 Å². The summed E-state index contributed by atoms with van der Waals surface area (Å²) in [7, 11) is 3.76. The molecule has 1 unspecified atom stereocenters. The average Bonchev–Trinajstić information content (AvgIpc) is 3.15. The summed E-state index contributed by atoms with van der Waals surface area (Å²) in [6, 6.07) is 5.61. The van der Waals surface area contributed by atoms with Crippen LogP contribution in [-0.4, -0.2) is 61.0 Å². The van der Waals surface area contributed by atoms with E-state index in [9.17, 15) is 4.79 Å². The smallest absolute Gasteiger partial charge is 0.254 e. The molecule has 1 spiro atoms. The van der Waals surface area contributed by atoms with Crippen LogP contribution in [0.25, 0.3) is 0 Å². The van der Waals surface area contributed by atoms with Gasteiger partial charge in [-0.15, -0.1) is 0 Å². The van der Waals surface area contributed by atoms with Crippen LogP contribution in [0.1, 0.15) is 33.5 Å². The number of aromatic nitrogens is 1. The standard InChI is InChI=1S/C20H25N3O3/c1-13-7-15(25-4)5-6-16(13)19(24)23-11-20(12-23)10-22(3)9-17(20)18-21-8-14(2)26-18/h5-8,17H,9-12H2,1-4H3. The van der Waals surface area contributed by atoms with Crippen LogP contribution in [0.2, 0.25) is 0 Å². The van der Waals surface area contributed by atoms with Crippen LogP contribution in [0.5, 0.6) is 5.75 Å². The number of benzene rings is 1. The SMILES string of the molecule is COc1ccc(C(=O)N2CC3(CN(C)CC3c3ncc(C)o3)C2)c(C)c1. The van der Waals surface area contributed by atoms with E-state index in [2.05, 4.69) is 16.9 Å². The van der Waals surface area contributed by atoms with E-state index in [4.69, 9.17) is 9.15 Å². The van der Waals surface area contributed by atoms with Gasteiger partial charge in [-0.3, -0.25) is 4.79 Å². The van der Waals surface area contributed by atoms with Gasteiger partial charge >= 0.3 is 0 Å². The normalized spacial score (nSPS) is 21.8. The van der Waals surface area contributed by atoms with Crippen molar-refractivity contribution < 1.29 is 13.9 Å². The van der Waals surface area contributed by atoms with E-state index in [-0.39, 0.29) is 17.2 Å². The highest BCUT2D eigenvalue weighted by atomic mass is 16.5. The maximum atomic E-state index is 12.9. The predicted molar refractivity (Wildman–Crippen MR) is 97.5 cm³/mol. The highest BCUT2D eigenvalue weighted by Gasteiger charge is 2.56. The summed E-state index contributed by atoms with van der Waals surface area (Å²) in [6.45, 7) is 7.24. The minimum atomic E-state index is 0.0437. The Morgan fingerprint density at radius 1 is 1.31 bits per heavy atom. The van der Waals surface area contributed by atoms with Crippen LogP contribution in [0, 0.1) is 19.3 Å². The molecule has 6 nitrogen and oxygen atoms in total. The van der Waals surface area contributed by atoms with Crippen molar-refractivity contribution in [2.45, 2.75) is 19.8 Å². The topological polar surface area (TPSA) is 58.8 Å². The van der Waals surface area contributed by atoms with Gasteiger partial charge in [-0.25, -0.2) is 4.98 Å². The Morgan fingerprint density at radius 3 is 2.69 bits per heavy atom. The van der Waals surface area contributed by atoms with E-state index >= 15 is 0 Å². The molecule has 0 saturated carbocycles. The second-order valence-corrected chi connectivity index (χ2v) is 7.76. The second kappa shape index (κ2) is 6.13. The van der Waals surface area contributed by atoms with Crippen molar-refractivity contribution in [1.29, 1.82) is 0 Å². The number of likely N-dealkylation sites (N-methyl/N-ethyl adjacent to an activating group) is 1. The highest BCUT2D eigenvalue weighted by Crippen LogP contribution is 2.48. The van der Waals surface area contributed by atoms with Gasteiger partial charge in [0.15, 0.2) is 5.89 Å². The van der Waals surface area contributed by atoms with Crippen LogP contribution in [0.3, 0.4) is 0 Å². The molecule has 2 saturated heterocycles. The molecule has 1 atom stereocenters. The van der Waals surface area contributed by atoms with E-state index in [0.29, 0.717) is 0 Å². The van der Waals surface area contributed by atoms with Gasteiger partial charge in [0.1, 0.15) is 11.5 Å². The number of oxazole rings is 1. The zero-order chi connectivity index (χ0) is 18.5. The maximum Gasteiger partial charge on any atom is 0.254 e. The van der Waals surface area contributed by atoms with Gasteiger partial charge in [0.25, 0.3) is 5.91 Å². The fourth-order valence-electron chi connectivity index (χ4n) is 4.44. The van der Waals surface area contributed by atoms with E-state index < -0.39 is 0 Å². The lowest BCUT2D eigenvalue weighted by molar-refractivity contribution is 0.000449. The summed E-state index contributed by atoms with van der Waals surface area (Å²) in [5, 5.41) is 0. The maximum absolute atomic E-state index is 12.9. The van der Waals surface area contributed by atoms with Gasteiger partial charge in [-0.2, -0.15) is 0 Å². The van der Waals surface area contributed by atoms with E-state index in [1.165, 1.54) is 0 Å². The largest absolute Gasteiger partial charge is 0.497 e. The Labute approximate surface area is 153 Å². The molecule has 0 N–H and O–H groups in total. The molecule has 138 valence electrons. The lowest BCUT2D eigenvalue weighted by Crippen LogP contribution is -2.61. The predicted octanol–water partition coefficient (Wildman–Crippen LogP) is 2.47. The molecular formula is C20H25N3O3. The zero-order valence-electron chi connectivity index (χ0n) is 15.8. The molecule has 1 amide bonds. The van der Waals surface area contributed by atoms with Crippen LogP contribution < -0.4 is 4.74 Å². The Balaban J connectivity index is 1.52. The summed E-state index contributed by atoms with van der Waals surface area (Å²) < 4.78 is 11.1. The third-order valence-corrected chi connectivity index (χ3v) is 5.72. The quantitative estimate of drug-likeness (QED) is 0.847. The molecule has 0 aliphatic carbocycles. The van der Waals surface area contributed by atoms with Gasteiger partial charge in [-0.05, 0) is 44.7 Å². The number of likely N-dealkylation sites (tertiary alicyclic amines) is 2. The second-order valence-electron chi connectivity index (χ2n) is 7.76. The lowest BCUT2D eigenvalue weighted by atomic mass is 9.71. The Bertz CT molecular complexity index is 839. The monoisotopic (exact) mass is 355 g/mol.